The predicted molar refractivity (Wildman–Crippen MR) is 83.2 cm³/mol. The monoisotopic (exact) mass is 292 g/mol. The fraction of sp³-hybridized carbons (Fsp3) is 0.500. The fourth-order valence-corrected chi connectivity index (χ4v) is 2.06. The lowest BCUT2D eigenvalue weighted by molar-refractivity contribution is -0.144. The summed E-state index contributed by atoms with van der Waals surface area (Å²) < 4.78 is 4.92. The van der Waals surface area contributed by atoms with E-state index in [1.165, 1.54) is 0 Å². The number of nitrogens with zero attached hydrogens (tertiary/aromatic N) is 2. The highest BCUT2D eigenvalue weighted by atomic mass is 16.5. The van der Waals surface area contributed by atoms with E-state index in [0.29, 0.717) is 19.7 Å². The largest absolute Gasteiger partial charge is 0.465 e. The Morgan fingerprint density at radius 3 is 2.19 bits per heavy atom. The van der Waals surface area contributed by atoms with Gasteiger partial charge in [0.15, 0.2) is 0 Å². The van der Waals surface area contributed by atoms with E-state index in [0.717, 1.165) is 5.69 Å². The molecule has 21 heavy (non-hydrogen) atoms. The molecule has 0 saturated heterocycles. The van der Waals surface area contributed by atoms with Crippen LogP contribution < -0.4 is 4.90 Å². The first kappa shape index (κ1) is 17.2. The topological polar surface area (TPSA) is 49.9 Å². The first-order valence-electron chi connectivity index (χ1n) is 7.35. The van der Waals surface area contributed by atoms with E-state index in [1.807, 2.05) is 44.2 Å². The van der Waals surface area contributed by atoms with Gasteiger partial charge in [0.1, 0.15) is 0 Å². The molecule has 0 saturated carbocycles. The number of para-hydroxylation sites is 1. The SMILES string of the molecule is CCOC(=O)CN(CC)CC(=O)N(CC)c1ccccc1. The number of amides is 1. The van der Waals surface area contributed by atoms with Crippen molar-refractivity contribution in [1.29, 1.82) is 0 Å². The molecule has 0 unspecified atom stereocenters. The Morgan fingerprint density at radius 1 is 1.00 bits per heavy atom. The molecule has 5 nitrogen and oxygen atoms in total. The summed E-state index contributed by atoms with van der Waals surface area (Å²) in [6, 6.07) is 9.54. The van der Waals surface area contributed by atoms with Gasteiger partial charge in [-0.05, 0) is 32.5 Å². The molecule has 0 fully saturated rings. The van der Waals surface area contributed by atoms with Gasteiger partial charge in [-0.1, -0.05) is 25.1 Å². The van der Waals surface area contributed by atoms with Crippen molar-refractivity contribution >= 4 is 17.6 Å². The van der Waals surface area contributed by atoms with Crippen LogP contribution in [0.15, 0.2) is 30.3 Å². The van der Waals surface area contributed by atoms with Crippen LogP contribution in [0.25, 0.3) is 0 Å². The highest BCUT2D eigenvalue weighted by molar-refractivity contribution is 5.94. The number of carbonyl (C=O) groups is 2. The Hall–Kier alpha value is -1.88. The summed E-state index contributed by atoms with van der Waals surface area (Å²) in [7, 11) is 0. The number of esters is 1. The van der Waals surface area contributed by atoms with Crippen molar-refractivity contribution in [3.63, 3.8) is 0 Å². The molecule has 0 bridgehead atoms. The molecule has 0 N–H and O–H groups in total. The van der Waals surface area contributed by atoms with Crippen LogP contribution in [0.1, 0.15) is 20.8 Å². The second-order valence-corrected chi connectivity index (χ2v) is 4.58. The molecule has 0 aliphatic rings. The minimum Gasteiger partial charge on any atom is -0.465 e. The molecule has 0 heterocycles. The highest BCUT2D eigenvalue weighted by Gasteiger charge is 2.18. The van der Waals surface area contributed by atoms with Crippen LogP contribution in [0.5, 0.6) is 0 Å². The van der Waals surface area contributed by atoms with Crippen LogP contribution >= 0.6 is 0 Å². The van der Waals surface area contributed by atoms with Crippen molar-refractivity contribution in [3.05, 3.63) is 30.3 Å². The molecule has 0 atom stereocenters. The predicted octanol–water partition coefficient (Wildman–Crippen LogP) is 1.92. The summed E-state index contributed by atoms with van der Waals surface area (Å²) in [5.74, 6) is -0.315. The van der Waals surface area contributed by atoms with E-state index in [4.69, 9.17) is 4.74 Å². The maximum Gasteiger partial charge on any atom is 0.320 e. The summed E-state index contributed by atoms with van der Waals surface area (Å²) in [4.78, 5) is 27.4. The van der Waals surface area contributed by atoms with Crippen molar-refractivity contribution in [3.8, 4) is 0 Å². The number of hydrogen-bond acceptors (Lipinski definition) is 4. The van der Waals surface area contributed by atoms with E-state index in [9.17, 15) is 9.59 Å². The smallest absolute Gasteiger partial charge is 0.320 e. The quantitative estimate of drug-likeness (QED) is 0.687. The normalized spacial score (nSPS) is 10.5. The van der Waals surface area contributed by atoms with E-state index in [2.05, 4.69) is 0 Å². The number of hydrogen-bond donors (Lipinski definition) is 0. The van der Waals surface area contributed by atoms with Crippen LogP contribution in [-0.4, -0.2) is 49.6 Å². The van der Waals surface area contributed by atoms with Crippen molar-refractivity contribution in [2.24, 2.45) is 0 Å². The van der Waals surface area contributed by atoms with Gasteiger partial charge in [0.2, 0.25) is 5.91 Å². The van der Waals surface area contributed by atoms with Gasteiger partial charge < -0.3 is 9.64 Å². The zero-order valence-electron chi connectivity index (χ0n) is 13.0. The molecule has 1 aromatic rings. The molecule has 0 spiro atoms. The number of likely N-dealkylation sites (N-methyl/N-ethyl adjacent to an activating group) is 2. The zero-order valence-corrected chi connectivity index (χ0v) is 13.0. The van der Waals surface area contributed by atoms with E-state index < -0.39 is 0 Å². The molecule has 0 aromatic heterocycles. The van der Waals surface area contributed by atoms with Crippen molar-refractivity contribution in [2.45, 2.75) is 20.8 Å². The van der Waals surface area contributed by atoms with E-state index >= 15 is 0 Å². The lowest BCUT2D eigenvalue weighted by Gasteiger charge is -2.25. The van der Waals surface area contributed by atoms with E-state index in [1.54, 1.807) is 16.7 Å². The second-order valence-electron chi connectivity index (χ2n) is 4.58. The van der Waals surface area contributed by atoms with Gasteiger partial charge in [0.05, 0.1) is 19.7 Å². The van der Waals surface area contributed by atoms with Crippen LogP contribution in [0.3, 0.4) is 0 Å². The van der Waals surface area contributed by atoms with Gasteiger partial charge >= 0.3 is 5.97 Å². The summed E-state index contributed by atoms with van der Waals surface area (Å²) in [6.45, 7) is 7.55. The molecule has 0 aliphatic carbocycles. The maximum absolute atomic E-state index is 12.4. The Labute approximate surface area is 126 Å². The third kappa shape index (κ3) is 5.55. The van der Waals surface area contributed by atoms with Gasteiger partial charge in [0.25, 0.3) is 0 Å². The molecule has 0 aliphatic heterocycles. The summed E-state index contributed by atoms with van der Waals surface area (Å²) in [5.41, 5.74) is 0.872. The average Bonchev–Trinajstić information content (AvgIpc) is 2.48. The van der Waals surface area contributed by atoms with Gasteiger partial charge in [0, 0.05) is 12.2 Å². The third-order valence-electron chi connectivity index (χ3n) is 3.15. The highest BCUT2D eigenvalue weighted by Crippen LogP contribution is 2.13. The number of anilines is 1. The molecule has 1 amide bonds. The Bertz CT molecular complexity index is 448. The van der Waals surface area contributed by atoms with Crippen LogP contribution in [-0.2, 0) is 14.3 Å². The van der Waals surface area contributed by atoms with E-state index in [-0.39, 0.29) is 25.0 Å². The Balaban J connectivity index is 2.66. The summed E-state index contributed by atoms with van der Waals surface area (Å²) >= 11 is 0. The third-order valence-corrected chi connectivity index (χ3v) is 3.15. The molecule has 5 heteroatoms. The van der Waals surface area contributed by atoms with Gasteiger partial charge in [-0.15, -0.1) is 0 Å². The molecular weight excluding hydrogens is 268 g/mol. The second kappa shape index (κ2) is 9.13. The molecule has 1 rings (SSSR count). The average molecular weight is 292 g/mol. The number of benzene rings is 1. The van der Waals surface area contributed by atoms with Gasteiger partial charge in [-0.25, -0.2) is 0 Å². The lowest BCUT2D eigenvalue weighted by Crippen LogP contribution is -2.42. The Morgan fingerprint density at radius 2 is 1.67 bits per heavy atom. The first-order chi connectivity index (χ1) is 10.1. The van der Waals surface area contributed by atoms with Crippen LogP contribution in [0, 0.1) is 0 Å². The minimum absolute atomic E-state index is 0.0187. The first-order valence-corrected chi connectivity index (χ1v) is 7.35. The van der Waals surface area contributed by atoms with Crippen LogP contribution in [0.2, 0.25) is 0 Å². The number of rotatable bonds is 8. The molecule has 116 valence electrons. The minimum atomic E-state index is -0.296. The molecule has 1 aromatic carbocycles. The maximum atomic E-state index is 12.4. The standard InChI is InChI=1S/C16H24N2O3/c1-4-17(13-16(20)21-6-3)12-15(19)18(5-2)14-10-8-7-9-11-14/h7-11H,4-6,12-13H2,1-3H3. The number of ether oxygens (including phenoxy) is 1. The van der Waals surface area contributed by atoms with Crippen molar-refractivity contribution in [2.75, 3.05) is 37.7 Å². The lowest BCUT2D eigenvalue weighted by atomic mass is 10.2. The van der Waals surface area contributed by atoms with Crippen molar-refractivity contribution in [1.82, 2.24) is 4.90 Å². The van der Waals surface area contributed by atoms with Gasteiger partial charge in [-0.3, -0.25) is 14.5 Å². The summed E-state index contributed by atoms with van der Waals surface area (Å²) in [5, 5.41) is 0. The number of carbonyl (C=O) groups excluding carboxylic acids is 2. The molecular formula is C16H24N2O3. The summed E-state index contributed by atoms with van der Waals surface area (Å²) in [6.07, 6.45) is 0. The van der Waals surface area contributed by atoms with Crippen molar-refractivity contribution < 1.29 is 14.3 Å². The fourth-order valence-electron chi connectivity index (χ4n) is 2.06. The Kier molecular flexibility index (Phi) is 7.46. The van der Waals surface area contributed by atoms with Crippen LogP contribution in [0.4, 0.5) is 5.69 Å². The molecule has 0 radical (unpaired) electrons. The van der Waals surface area contributed by atoms with Gasteiger partial charge in [-0.2, -0.15) is 0 Å². The zero-order chi connectivity index (χ0) is 15.7.